The normalized spacial score (nSPS) is 35.6. The van der Waals surface area contributed by atoms with E-state index in [-0.39, 0.29) is 28.8 Å². The van der Waals surface area contributed by atoms with Gasteiger partial charge in [0, 0.05) is 7.11 Å². The van der Waals surface area contributed by atoms with E-state index in [1.807, 2.05) is 20.8 Å². The number of halogens is 1. The molecule has 0 radical (unpaired) electrons. The molecule has 1 aliphatic heterocycles. The molecular formula is C21H35ClNO6S+. The summed E-state index contributed by atoms with van der Waals surface area (Å²) in [5.74, 6) is -0.714. The van der Waals surface area contributed by atoms with Crippen LogP contribution in [0.1, 0.15) is 40.0 Å². The summed E-state index contributed by atoms with van der Waals surface area (Å²) < 4.78 is 17.4. The Labute approximate surface area is 187 Å². The number of alkyl halides is 1. The number of imide groups is 1. The fourth-order valence-electron chi connectivity index (χ4n) is 4.65. The topological polar surface area (TPSA) is 97.4 Å². The van der Waals surface area contributed by atoms with Gasteiger partial charge in [0.1, 0.15) is 35.0 Å². The van der Waals surface area contributed by atoms with E-state index in [9.17, 15) is 14.7 Å². The van der Waals surface area contributed by atoms with Gasteiger partial charge in [-0.2, -0.15) is 0 Å². The van der Waals surface area contributed by atoms with Crippen LogP contribution in [0.5, 0.6) is 0 Å². The third kappa shape index (κ3) is 5.91. The lowest BCUT2D eigenvalue weighted by atomic mass is 9.66. The lowest BCUT2D eigenvalue weighted by Crippen LogP contribution is -2.62. The molecular weight excluding hydrogens is 430 g/mol. The number of carbonyl (C=O) groups excluding carboxylic acids is 2. The van der Waals surface area contributed by atoms with Crippen LogP contribution in [0.25, 0.3) is 0 Å². The average Bonchev–Trinajstić information content (AvgIpc) is 3.30. The van der Waals surface area contributed by atoms with E-state index in [0.717, 1.165) is 6.42 Å². The van der Waals surface area contributed by atoms with Crippen LogP contribution < -0.4 is 5.32 Å². The fourth-order valence-corrected chi connectivity index (χ4v) is 6.04. The summed E-state index contributed by atoms with van der Waals surface area (Å²) in [5, 5.41) is 13.8. The Morgan fingerprint density at radius 1 is 1.37 bits per heavy atom. The number of methoxy groups -OCH3 is 1. The van der Waals surface area contributed by atoms with Crippen molar-refractivity contribution in [3.05, 3.63) is 11.6 Å². The highest BCUT2D eigenvalue weighted by Gasteiger charge is 2.68. The molecule has 2 fully saturated rings. The van der Waals surface area contributed by atoms with Gasteiger partial charge in [0.2, 0.25) is 5.91 Å². The molecule has 0 aromatic heterocycles. The van der Waals surface area contributed by atoms with Crippen molar-refractivity contribution in [3.8, 4) is 0 Å². The van der Waals surface area contributed by atoms with Gasteiger partial charge in [-0.25, -0.2) is 4.79 Å². The molecule has 1 aliphatic carbocycles. The Morgan fingerprint density at radius 2 is 2.03 bits per heavy atom. The molecule has 7 nitrogen and oxygen atoms in total. The van der Waals surface area contributed by atoms with E-state index in [2.05, 4.69) is 23.9 Å². The van der Waals surface area contributed by atoms with Gasteiger partial charge in [-0.05, 0) is 50.9 Å². The summed E-state index contributed by atoms with van der Waals surface area (Å²) in [6, 6.07) is 0. The molecule has 2 aliphatic rings. The van der Waals surface area contributed by atoms with E-state index in [1.165, 1.54) is 5.57 Å². The van der Waals surface area contributed by atoms with E-state index >= 15 is 0 Å². The van der Waals surface area contributed by atoms with E-state index in [1.54, 1.807) is 7.11 Å². The lowest BCUT2D eigenvalue weighted by Gasteiger charge is -2.47. The second kappa shape index (κ2) is 10.2. The quantitative estimate of drug-likeness (QED) is 0.248. The molecule has 2 amide bonds. The Morgan fingerprint density at radius 3 is 2.57 bits per heavy atom. The number of hydrogen-bond donors (Lipinski definition) is 2. The molecule has 30 heavy (non-hydrogen) atoms. The minimum atomic E-state index is -0.996. The van der Waals surface area contributed by atoms with Crippen molar-refractivity contribution in [1.29, 1.82) is 0 Å². The van der Waals surface area contributed by atoms with Gasteiger partial charge in [-0.1, -0.05) is 11.6 Å². The molecule has 2 rings (SSSR count). The lowest BCUT2D eigenvalue weighted by molar-refractivity contribution is -0.170. The zero-order chi connectivity index (χ0) is 22.7. The molecule has 1 saturated carbocycles. The molecule has 1 heterocycles. The molecule has 9 heteroatoms. The van der Waals surface area contributed by atoms with Crippen molar-refractivity contribution in [2.45, 2.75) is 69.5 Å². The van der Waals surface area contributed by atoms with Crippen molar-refractivity contribution < 1.29 is 28.9 Å². The van der Waals surface area contributed by atoms with Crippen LogP contribution in [0.15, 0.2) is 11.6 Å². The molecule has 6 unspecified atom stereocenters. The van der Waals surface area contributed by atoms with Gasteiger partial charge in [-0.15, -0.1) is 11.6 Å². The molecule has 1 saturated heterocycles. The van der Waals surface area contributed by atoms with Gasteiger partial charge in [0.25, 0.3) is 0 Å². The van der Waals surface area contributed by atoms with E-state index in [0.29, 0.717) is 18.6 Å². The smallest absolute Gasteiger partial charge is 0.414 e. The van der Waals surface area contributed by atoms with Gasteiger partial charge in [-0.3, -0.25) is 10.1 Å². The second-order valence-electron chi connectivity index (χ2n) is 8.88. The summed E-state index contributed by atoms with van der Waals surface area (Å²) in [5.41, 5.74) is -0.379. The summed E-state index contributed by atoms with van der Waals surface area (Å²) >= 11 is 5.44. The standard InChI is InChI=1S/C21H34ClNO6S/c1-13(2)7-8-15-20(3,29-15)18-17(27-4)14(28-19(25)23-16(24)11-22)9-10-21(18,26)12-30(5)6/h7,14-15,17-18,26H,8-12H2,1-6H3/p+1. The first-order valence-corrected chi connectivity index (χ1v) is 12.9. The summed E-state index contributed by atoms with van der Waals surface area (Å²) in [6.45, 7) is 6.08. The average molecular weight is 465 g/mol. The van der Waals surface area contributed by atoms with Crippen molar-refractivity contribution >= 4 is 34.5 Å². The molecule has 0 aromatic rings. The largest absolute Gasteiger partial charge is 0.443 e. The van der Waals surface area contributed by atoms with Crippen LogP contribution in [0.2, 0.25) is 0 Å². The Balaban J connectivity index is 2.27. The molecule has 0 aromatic carbocycles. The Hall–Kier alpha value is -0.800. The number of aliphatic hydroxyl groups is 1. The molecule has 0 bridgehead atoms. The van der Waals surface area contributed by atoms with Crippen molar-refractivity contribution in [2.75, 3.05) is 31.3 Å². The molecule has 2 N–H and O–H groups in total. The highest BCUT2D eigenvalue weighted by atomic mass is 35.5. The summed E-state index contributed by atoms with van der Waals surface area (Å²) in [6.07, 6.45) is 5.90. The highest BCUT2D eigenvalue weighted by molar-refractivity contribution is 7.95. The van der Waals surface area contributed by atoms with Gasteiger partial charge < -0.3 is 19.3 Å². The number of rotatable bonds is 8. The number of alkyl carbamates (subject to hydrolysis) is 1. The van der Waals surface area contributed by atoms with Crippen LogP contribution >= 0.6 is 11.6 Å². The Bertz CT molecular complexity index is 670. The zero-order valence-corrected chi connectivity index (χ0v) is 20.3. The van der Waals surface area contributed by atoms with Crippen molar-refractivity contribution in [2.24, 2.45) is 5.92 Å². The monoisotopic (exact) mass is 464 g/mol. The molecule has 172 valence electrons. The fraction of sp³-hybridized carbons (Fsp3) is 0.810. The van der Waals surface area contributed by atoms with E-state index in [4.69, 9.17) is 25.8 Å². The van der Waals surface area contributed by atoms with Gasteiger partial charge >= 0.3 is 6.09 Å². The van der Waals surface area contributed by atoms with Crippen molar-refractivity contribution in [1.82, 2.24) is 5.32 Å². The summed E-state index contributed by atoms with van der Waals surface area (Å²) in [4.78, 5) is 23.5. The van der Waals surface area contributed by atoms with Crippen LogP contribution in [0.3, 0.4) is 0 Å². The maximum Gasteiger partial charge on any atom is 0.414 e. The van der Waals surface area contributed by atoms with Crippen LogP contribution in [-0.2, 0) is 29.9 Å². The van der Waals surface area contributed by atoms with Gasteiger partial charge in [0.15, 0.2) is 0 Å². The number of amides is 2. The third-order valence-corrected chi connectivity index (χ3v) is 7.22. The van der Waals surface area contributed by atoms with Crippen LogP contribution in [0.4, 0.5) is 4.79 Å². The van der Waals surface area contributed by atoms with Crippen LogP contribution in [-0.4, -0.2) is 77.9 Å². The third-order valence-electron chi connectivity index (χ3n) is 5.90. The van der Waals surface area contributed by atoms with Crippen LogP contribution in [0, 0.1) is 5.92 Å². The second-order valence-corrected chi connectivity index (χ2v) is 11.4. The minimum absolute atomic E-state index is 0.00293. The maximum absolute atomic E-state index is 12.1. The number of allylic oxidation sites excluding steroid dienone is 1. The number of carbonyl (C=O) groups is 2. The number of ether oxygens (including phenoxy) is 3. The first-order chi connectivity index (χ1) is 14.0. The Kier molecular flexibility index (Phi) is 8.67. The summed E-state index contributed by atoms with van der Waals surface area (Å²) in [7, 11) is 1.55. The number of epoxide rings is 1. The van der Waals surface area contributed by atoms with E-state index < -0.39 is 35.4 Å². The molecule has 6 atom stereocenters. The SMILES string of the molecule is COC1C(OC(=O)NC(=O)CCl)CCC(O)(C[S+](C)C)C1C1(C)OC1CC=C(C)C. The number of nitrogens with one attached hydrogen (secondary N) is 1. The predicted octanol–water partition coefficient (Wildman–Crippen LogP) is 2.39. The molecule has 0 spiro atoms. The van der Waals surface area contributed by atoms with Crippen molar-refractivity contribution in [3.63, 3.8) is 0 Å². The zero-order valence-electron chi connectivity index (χ0n) is 18.7. The number of hydrogen-bond acceptors (Lipinski definition) is 6. The highest BCUT2D eigenvalue weighted by Crippen LogP contribution is 2.55. The maximum atomic E-state index is 12.1. The van der Waals surface area contributed by atoms with Gasteiger partial charge in [0.05, 0.1) is 24.5 Å². The first kappa shape index (κ1) is 25.5. The first-order valence-electron chi connectivity index (χ1n) is 10.1. The minimum Gasteiger partial charge on any atom is -0.443 e. The predicted molar refractivity (Wildman–Crippen MR) is 119 cm³/mol.